The number of alkyl halides is 3. The van der Waals surface area contributed by atoms with Gasteiger partial charge >= 0.3 is 6.18 Å². The summed E-state index contributed by atoms with van der Waals surface area (Å²) in [6.45, 7) is 0. The molecule has 4 rings (SSSR count). The number of hydrogen-bond acceptors (Lipinski definition) is 2. The lowest BCUT2D eigenvalue weighted by molar-refractivity contribution is -0.141. The smallest absolute Gasteiger partial charge is 0.337 e. The molecule has 1 aromatic carbocycles. The fourth-order valence-corrected chi connectivity index (χ4v) is 2.82. The molecular weight excluding hydrogens is 329 g/mol. The Kier molecular flexibility index (Phi) is 3.13. The highest BCUT2D eigenvalue weighted by Crippen LogP contribution is 2.43. The maximum Gasteiger partial charge on any atom is 0.435 e. The highest BCUT2D eigenvalue weighted by Gasteiger charge is 2.34. The molecule has 1 saturated carbocycles. The van der Waals surface area contributed by atoms with Crippen molar-refractivity contribution in [2.75, 3.05) is 0 Å². The van der Waals surface area contributed by atoms with Crippen LogP contribution in [0.2, 0.25) is 0 Å². The molecule has 3 nitrogen and oxygen atoms in total. The zero-order valence-corrected chi connectivity index (χ0v) is 12.1. The van der Waals surface area contributed by atoms with Gasteiger partial charge in [-0.25, -0.2) is 8.78 Å². The summed E-state index contributed by atoms with van der Waals surface area (Å²) in [5.41, 5.74) is 0.000811. The number of halogens is 5. The fourth-order valence-electron chi connectivity index (χ4n) is 2.82. The van der Waals surface area contributed by atoms with Gasteiger partial charge in [-0.2, -0.15) is 18.3 Å². The van der Waals surface area contributed by atoms with E-state index in [0.29, 0.717) is 16.6 Å². The molecule has 3 aromatic rings. The largest absolute Gasteiger partial charge is 0.435 e. The third kappa shape index (κ3) is 2.42. The molecule has 0 unspecified atom stereocenters. The Morgan fingerprint density at radius 3 is 2.38 bits per heavy atom. The van der Waals surface area contributed by atoms with Crippen molar-refractivity contribution in [3.8, 4) is 11.3 Å². The lowest BCUT2D eigenvalue weighted by Gasteiger charge is -2.11. The van der Waals surface area contributed by atoms with Crippen molar-refractivity contribution in [2.45, 2.75) is 25.1 Å². The minimum atomic E-state index is -4.61. The first-order valence-electron chi connectivity index (χ1n) is 7.25. The molecule has 8 heteroatoms. The molecule has 0 aliphatic heterocycles. The highest BCUT2D eigenvalue weighted by molar-refractivity contribution is 5.87. The van der Waals surface area contributed by atoms with Crippen molar-refractivity contribution in [1.29, 1.82) is 0 Å². The van der Waals surface area contributed by atoms with Gasteiger partial charge in [-0.15, -0.1) is 5.10 Å². The summed E-state index contributed by atoms with van der Waals surface area (Å²) in [5.74, 6) is -1.98. The second-order valence-electron chi connectivity index (χ2n) is 5.78. The zero-order chi connectivity index (χ0) is 17.1. The molecule has 0 N–H and O–H groups in total. The number of benzene rings is 1. The maximum absolute atomic E-state index is 13.6. The Morgan fingerprint density at radius 1 is 1.00 bits per heavy atom. The van der Waals surface area contributed by atoms with Crippen LogP contribution in [0.1, 0.15) is 24.6 Å². The molecule has 1 aliphatic rings. The molecule has 0 spiro atoms. The predicted octanol–water partition coefficient (Wildman–Crippen LogP) is 4.73. The van der Waals surface area contributed by atoms with Gasteiger partial charge in [0, 0.05) is 23.1 Å². The molecule has 1 fully saturated rings. The van der Waals surface area contributed by atoms with Crippen molar-refractivity contribution in [3.63, 3.8) is 0 Å². The van der Waals surface area contributed by atoms with Crippen molar-refractivity contribution in [3.05, 3.63) is 47.8 Å². The number of aromatic nitrogens is 3. The molecule has 24 heavy (non-hydrogen) atoms. The number of nitrogens with zero attached hydrogens (tertiary/aromatic N) is 3. The van der Waals surface area contributed by atoms with Gasteiger partial charge in [0.05, 0.1) is 17.4 Å². The Hall–Kier alpha value is -2.51. The first-order chi connectivity index (χ1) is 11.3. The van der Waals surface area contributed by atoms with E-state index in [1.807, 2.05) is 0 Å². The lowest BCUT2D eigenvalue weighted by atomic mass is 10.2. The van der Waals surface area contributed by atoms with Crippen molar-refractivity contribution < 1.29 is 22.0 Å². The van der Waals surface area contributed by atoms with Crippen LogP contribution < -0.4 is 0 Å². The van der Waals surface area contributed by atoms with Gasteiger partial charge in [0.15, 0.2) is 17.3 Å². The van der Waals surface area contributed by atoms with Crippen LogP contribution in [-0.4, -0.2) is 14.8 Å². The Morgan fingerprint density at radius 2 is 1.71 bits per heavy atom. The van der Waals surface area contributed by atoms with E-state index in [-0.39, 0.29) is 11.6 Å². The van der Waals surface area contributed by atoms with E-state index in [2.05, 4.69) is 10.2 Å². The molecule has 2 aromatic heterocycles. The van der Waals surface area contributed by atoms with Crippen LogP contribution in [0.4, 0.5) is 22.0 Å². The minimum absolute atomic E-state index is 0.0601. The normalized spacial score (nSPS) is 15.2. The van der Waals surface area contributed by atoms with Crippen LogP contribution in [0.15, 0.2) is 30.5 Å². The van der Waals surface area contributed by atoms with E-state index in [1.54, 1.807) is 10.6 Å². The summed E-state index contributed by atoms with van der Waals surface area (Å²) < 4.78 is 67.4. The number of fused-ring (bicyclic) bond motifs is 1. The third-order valence-corrected chi connectivity index (χ3v) is 4.03. The summed E-state index contributed by atoms with van der Waals surface area (Å²) in [5, 5.41) is 6.96. The van der Waals surface area contributed by atoms with Crippen LogP contribution in [0.3, 0.4) is 0 Å². The van der Waals surface area contributed by atoms with Gasteiger partial charge in [-0.3, -0.25) is 0 Å². The van der Waals surface area contributed by atoms with Crippen LogP contribution in [0, 0.1) is 11.6 Å². The molecule has 0 bridgehead atoms. The minimum Gasteiger partial charge on any atom is -0.337 e. The average Bonchev–Trinajstić information content (AvgIpc) is 3.30. The molecule has 2 heterocycles. The molecular formula is C16H10F5N3. The van der Waals surface area contributed by atoms with E-state index in [9.17, 15) is 22.0 Å². The monoisotopic (exact) mass is 339 g/mol. The maximum atomic E-state index is 13.6. The van der Waals surface area contributed by atoms with E-state index in [1.165, 1.54) is 6.20 Å². The van der Waals surface area contributed by atoms with Crippen LogP contribution >= 0.6 is 0 Å². The Bertz CT molecular complexity index is 941. The molecule has 0 amide bonds. The van der Waals surface area contributed by atoms with E-state index >= 15 is 0 Å². The van der Waals surface area contributed by atoms with Crippen molar-refractivity contribution >= 4 is 10.9 Å². The lowest BCUT2D eigenvalue weighted by Crippen LogP contribution is -2.09. The van der Waals surface area contributed by atoms with Gasteiger partial charge < -0.3 is 4.57 Å². The first-order valence-corrected chi connectivity index (χ1v) is 7.25. The van der Waals surface area contributed by atoms with Gasteiger partial charge in [0.1, 0.15) is 0 Å². The molecule has 0 saturated heterocycles. The second kappa shape index (κ2) is 4.99. The number of hydrogen-bond donors (Lipinski definition) is 0. The summed E-state index contributed by atoms with van der Waals surface area (Å²) in [6.07, 6.45) is -1.73. The third-order valence-electron chi connectivity index (χ3n) is 4.03. The summed E-state index contributed by atoms with van der Waals surface area (Å²) >= 11 is 0. The van der Waals surface area contributed by atoms with Gasteiger partial charge in [0.25, 0.3) is 0 Å². The second-order valence-corrected chi connectivity index (χ2v) is 5.78. The first kappa shape index (κ1) is 15.0. The molecule has 1 aliphatic carbocycles. The van der Waals surface area contributed by atoms with Crippen LogP contribution in [-0.2, 0) is 6.18 Å². The highest BCUT2D eigenvalue weighted by atomic mass is 19.4. The summed E-state index contributed by atoms with van der Waals surface area (Å²) in [7, 11) is 0. The van der Waals surface area contributed by atoms with Crippen molar-refractivity contribution in [2.24, 2.45) is 0 Å². The molecule has 0 radical (unpaired) electrons. The Labute approximate surface area is 132 Å². The Balaban J connectivity index is 1.95. The quantitative estimate of drug-likeness (QED) is 0.632. The average molecular weight is 339 g/mol. The summed E-state index contributed by atoms with van der Waals surface area (Å²) in [4.78, 5) is 0. The summed E-state index contributed by atoms with van der Waals surface area (Å²) in [6, 6.07) is 4.63. The SMILES string of the molecule is Fc1cc2cc(-c3cnnc(C(F)(F)F)c3)n(C3CC3)c2cc1F. The van der Waals surface area contributed by atoms with Gasteiger partial charge in [-0.05, 0) is 31.0 Å². The fraction of sp³-hybridized carbons (Fsp3) is 0.250. The van der Waals surface area contributed by atoms with Crippen LogP contribution in [0.25, 0.3) is 22.2 Å². The van der Waals surface area contributed by atoms with Crippen LogP contribution in [0.5, 0.6) is 0 Å². The zero-order valence-electron chi connectivity index (χ0n) is 12.1. The van der Waals surface area contributed by atoms with Gasteiger partial charge in [-0.1, -0.05) is 0 Å². The van der Waals surface area contributed by atoms with Gasteiger partial charge in [0.2, 0.25) is 0 Å². The molecule has 0 atom stereocenters. The van der Waals surface area contributed by atoms with E-state index in [0.717, 1.165) is 31.0 Å². The predicted molar refractivity (Wildman–Crippen MR) is 76.2 cm³/mol. The standard InChI is InChI=1S/C16H10F5N3/c17-11-3-8-4-13(9-5-15(16(19,20)21)23-22-7-9)24(10-1-2-10)14(8)6-12(11)18/h3-7,10H,1-2H2. The number of rotatable bonds is 2. The van der Waals surface area contributed by atoms with E-state index < -0.39 is 23.5 Å². The van der Waals surface area contributed by atoms with E-state index in [4.69, 9.17) is 0 Å². The van der Waals surface area contributed by atoms with Crippen molar-refractivity contribution in [1.82, 2.24) is 14.8 Å². The topological polar surface area (TPSA) is 30.7 Å². The molecule has 124 valence electrons.